The Morgan fingerprint density at radius 1 is 0.682 bits per heavy atom. The molecule has 6 nitrogen and oxygen atoms in total. The third kappa shape index (κ3) is 3.43. The highest BCUT2D eigenvalue weighted by atomic mass is 16.3. The highest BCUT2D eigenvalue weighted by Crippen LogP contribution is 2.27. The number of phenolic OH excluding ortho intramolecular Hbond substituents is 4. The zero-order valence-corrected chi connectivity index (χ0v) is 11.4. The van der Waals surface area contributed by atoms with Gasteiger partial charge in [0.2, 0.25) is 0 Å². The van der Waals surface area contributed by atoms with E-state index in [2.05, 4.69) is 0 Å². The molecule has 0 atom stereocenters. The van der Waals surface area contributed by atoms with E-state index in [1.165, 1.54) is 36.4 Å². The standard InChI is InChI=1S/C16H14N2O4/c17-13(5-9-1-3-11(19)7-15(9)21)14(18)6-10-2-4-12(20)8-16(10)22/h1-8,17-22H. The van der Waals surface area contributed by atoms with Crippen molar-refractivity contribution in [1.29, 1.82) is 0 Å². The van der Waals surface area contributed by atoms with Crippen LogP contribution in [0.2, 0.25) is 0 Å². The maximum Gasteiger partial charge on any atom is 0.126 e. The largest absolute Gasteiger partial charge is 0.508 e. The van der Waals surface area contributed by atoms with Crippen molar-refractivity contribution >= 4 is 12.2 Å². The Morgan fingerprint density at radius 2 is 1.05 bits per heavy atom. The zero-order chi connectivity index (χ0) is 16.3. The number of hydrogen-bond donors (Lipinski definition) is 4. The number of phenols is 4. The van der Waals surface area contributed by atoms with E-state index in [-0.39, 0.29) is 45.5 Å². The van der Waals surface area contributed by atoms with Crippen LogP contribution in [0.25, 0.3) is 12.2 Å². The molecule has 112 valence electrons. The summed E-state index contributed by atoms with van der Waals surface area (Å²) in [5, 5.41) is 37.7. The molecule has 2 aromatic carbocycles. The van der Waals surface area contributed by atoms with E-state index in [0.29, 0.717) is 0 Å². The first-order valence-corrected chi connectivity index (χ1v) is 6.28. The average molecular weight is 298 g/mol. The fraction of sp³-hybridized carbons (Fsp3) is 0. The van der Waals surface area contributed by atoms with Crippen molar-refractivity contribution in [3.05, 3.63) is 58.9 Å². The number of aromatic hydroxyl groups is 4. The van der Waals surface area contributed by atoms with Crippen LogP contribution in [0.3, 0.4) is 0 Å². The van der Waals surface area contributed by atoms with Gasteiger partial charge >= 0.3 is 0 Å². The van der Waals surface area contributed by atoms with Crippen LogP contribution in [0, 0.1) is 0 Å². The molecule has 2 radical (unpaired) electrons. The van der Waals surface area contributed by atoms with Crippen LogP contribution in [0.1, 0.15) is 11.1 Å². The van der Waals surface area contributed by atoms with E-state index in [1.807, 2.05) is 0 Å². The second kappa shape index (κ2) is 6.01. The predicted octanol–water partition coefficient (Wildman–Crippen LogP) is 2.46. The molecular weight excluding hydrogens is 284 g/mol. The van der Waals surface area contributed by atoms with E-state index in [1.54, 1.807) is 0 Å². The molecule has 0 spiro atoms. The summed E-state index contributed by atoms with van der Waals surface area (Å²) in [7, 11) is 0. The summed E-state index contributed by atoms with van der Waals surface area (Å²) in [5.74, 6) is -0.608. The first-order valence-electron chi connectivity index (χ1n) is 6.28. The molecule has 0 unspecified atom stereocenters. The van der Waals surface area contributed by atoms with E-state index < -0.39 is 0 Å². The van der Waals surface area contributed by atoms with Crippen molar-refractivity contribution in [1.82, 2.24) is 11.5 Å². The molecule has 0 aliphatic rings. The van der Waals surface area contributed by atoms with Crippen LogP contribution >= 0.6 is 0 Å². The first kappa shape index (κ1) is 15.1. The maximum atomic E-state index is 9.65. The number of rotatable bonds is 3. The van der Waals surface area contributed by atoms with Crippen LogP contribution in [0.15, 0.2) is 47.8 Å². The van der Waals surface area contributed by atoms with Crippen LogP contribution in [-0.2, 0) is 0 Å². The normalized spacial score (nSPS) is 12.4. The van der Waals surface area contributed by atoms with Gasteiger partial charge in [-0.25, -0.2) is 0 Å². The summed E-state index contributed by atoms with van der Waals surface area (Å²) in [6.45, 7) is 0. The lowest BCUT2D eigenvalue weighted by atomic mass is 10.1. The van der Waals surface area contributed by atoms with Crippen molar-refractivity contribution < 1.29 is 20.4 Å². The Kier molecular flexibility index (Phi) is 4.13. The lowest BCUT2D eigenvalue weighted by Gasteiger charge is -2.04. The van der Waals surface area contributed by atoms with Crippen LogP contribution in [-0.4, -0.2) is 20.4 Å². The monoisotopic (exact) mass is 298 g/mol. The summed E-state index contributed by atoms with van der Waals surface area (Å²) in [6, 6.07) is 7.83. The smallest absolute Gasteiger partial charge is 0.126 e. The van der Waals surface area contributed by atoms with Gasteiger partial charge in [0.25, 0.3) is 0 Å². The van der Waals surface area contributed by atoms with Gasteiger partial charge in [0, 0.05) is 23.3 Å². The van der Waals surface area contributed by atoms with Gasteiger partial charge in [0.1, 0.15) is 23.0 Å². The third-order valence-electron chi connectivity index (χ3n) is 2.92. The summed E-state index contributed by atoms with van der Waals surface area (Å²) in [5.41, 5.74) is 15.9. The van der Waals surface area contributed by atoms with Crippen molar-refractivity contribution in [3.63, 3.8) is 0 Å². The summed E-state index contributed by atoms with van der Waals surface area (Å²) in [4.78, 5) is 0. The van der Waals surface area contributed by atoms with Gasteiger partial charge in [-0.05, 0) is 36.4 Å². The minimum atomic E-state index is -0.204. The minimum absolute atomic E-state index is 0.100. The van der Waals surface area contributed by atoms with Gasteiger partial charge in [-0.1, -0.05) is 0 Å². The van der Waals surface area contributed by atoms with Gasteiger partial charge in [-0.15, -0.1) is 0 Å². The van der Waals surface area contributed by atoms with Crippen LogP contribution in [0.5, 0.6) is 23.0 Å². The second-order valence-corrected chi connectivity index (χ2v) is 4.60. The SMILES string of the molecule is [NH]C(=Cc1ccc(O)cc1O)C([NH])=Cc1ccc(O)cc1O. The van der Waals surface area contributed by atoms with E-state index in [9.17, 15) is 20.4 Å². The number of benzene rings is 2. The molecule has 0 fully saturated rings. The third-order valence-corrected chi connectivity index (χ3v) is 2.92. The molecule has 2 aromatic rings. The minimum Gasteiger partial charge on any atom is -0.508 e. The Hall–Kier alpha value is -3.28. The van der Waals surface area contributed by atoms with Gasteiger partial charge in [0.15, 0.2) is 0 Å². The lowest BCUT2D eigenvalue weighted by molar-refractivity contribution is 0.448. The van der Waals surface area contributed by atoms with Gasteiger partial charge in [0.05, 0.1) is 11.4 Å². The van der Waals surface area contributed by atoms with E-state index in [4.69, 9.17) is 11.5 Å². The molecule has 22 heavy (non-hydrogen) atoms. The summed E-state index contributed by atoms with van der Waals surface area (Å²) >= 11 is 0. The molecule has 0 aromatic heterocycles. The highest BCUT2D eigenvalue weighted by molar-refractivity contribution is 5.69. The highest BCUT2D eigenvalue weighted by Gasteiger charge is 2.06. The molecule has 0 saturated carbocycles. The average Bonchev–Trinajstić information content (AvgIpc) is 2.44. The number of nitrogens with one attached hydrogen (secondary N) is 2. The van der Waals surface area contributed by atoms with Crippen molar-refractivity contribution in [2.24, 2.45) is 0 Å². The van der Waals surface area contributed by atoms with Gasteiger partial charge in [-0.3, -0.25) is 11.5 Å². The summed E-state index contributed by atoms with van der Waals surface area (Å²) < 4.78 is 0. The molecule has 0 bridgehead atoms. The summed E-state index contributed by atoms with van der Waals surface area (Å²) in [6.07, 6.45) is 2.54. The molecule has 6 heteroatoms. The Labute approximate surface area is 126 Å². The van der Waals surface area contributed by atoms with Crippen molar-refractivity contribution in [2.75, 3.05) is 0 Å². The molecule has 6 N–H and O–H groups in total. The lowest BCUT2D eigenvalue weighted by Crippen LogP contribution is -1.92. The molecule has 0 aliphatic heterocycles. The molecule has 2 rings (SSSR count). The Bertz CT molecular complexity index is 701. The van der Waals surface area contributed by atoms with Crippen molar-refractivity contribution in [3.8, 4) is 23.0 Å². The van der Waals surface area contributed by atoms with Crippen LogP contribution < -0.4 is 11.5 Å². The Balaban J connectivity index is 2.33. The molecule has 0 aliphatic carbocycles. The number of hydrogen-bond acceptors (Lipinski definition) is 4. The molecular formula is C16H14N2O4. The second-order valence-electron chi connectivity index (χ2n) is 4.60. The van der Waals surface area contributed by atoms with Gasteiger partial charge in [-0.2, -0.15) is 0 Å². The molecule has 0 heterocycles. The van der Waals surface area contributed by atoms with E-state index >= 15 is 0 Å². The van der Waals surface area contributed by atoms with Crippen LogP contribution in [0.4, 0.5) is 0 Å². The zero-order valence-electron chi connectivity index (χ0n) is 11.4. The molecule has 0 saturated heterocycles. The predicted molar refractivity (Wildman–Crippen MR) is 81.7 cm³/mol. The fourth-order valence-electron chi connectivity index (χ4n) is 1.77. The topological polar surface area (TPSA) is 129 Å². The van der Waals surface area contributed by atoms with E-state index in [0.717, 1.165) is 12.1 Å². The van der Waals surface area contributed by atoms with Crippen molar-refractivity contribution in [2.45, 2.75) is 0 Å². The Morgan fingerprint density at radius 3 is 1.36 bits per heavy atom. The quantitative estimate of drug-likeness (QED) is 0.648. The van der Waals surface area contributed by atoms with Gasteiger partial charge < -0.3 is 20.4 Å². The fourth-order valence-corrected chi connectivity index (χ4v) is 1.77. The maximum absolute atomic E-state index is 9.65. The molecule has 0 amide bonds. The first-order chi connectivity index (χ1) is 10.4.